The molecule has 2 aromatic carbocycles. The summed E-state index contributed by atoms with van der Waals surface area (Å²) < 4.78 is 16.5. The van der Waals surface area contributed by atoms with E-state index in [0.717, 1.165) is 22.6 Å². The second kappa shape index (κ2) is 7.47. The number of benzene rings is 2. The molecule has 1 unspecified atom stereocenters. The Morgan fingerprint density at radius 1 is 1.20 bits per heavy atom. The first kappa shape index (κ1) is 17.1. The molecule has 1 aliphatic heterocycles. The molecule has 0 radical (unpaired) electrons. The van der Waals surface area contributed by atoms with Crippen molar-refractivity contribution in [1.29, 1.82) is 0 Å². The van der Waals surface area contributed by atoms with Gasteiger partial charge in [0.05, 0.1) is 0 Å². The predicted octanol–water partition coefficient (Wildman–Crippen LogP) is 3.54. The number of ether oxygens (including phenoxy) is 3. The Morgan fingerprint density at radius 3 is 2.76 bits per heavy atom. The molecule has 0 aliphatic carbocycles. The van der Waals surface area contributed by atoms with E-state index in [9.17, 15) is 4.79 Å². The summed E-state index contributed by atoms with van der Waals surface area (Å²) in [6.07, 6.45) is -0.546. The lowest BCUT2D eigenvalue weighted by Gasteiger charge is -2.25. The normalized spacial score (nSPS) is 13.4. The van der Waals surface area contributed by atoms with Crippen molar-refractivity contribution in [3.05, 3.63) is 53.6 Å². The molecule has 0 saturated heterocycles. The van der Waals surface area contributed by atoms with Crippen LogP contribution in [0.5, 0.6) is 17.2 Å². The van der Waals surface area contributed by atoms with Gasteiger partial charge in [-0.15, -0.1) is 0 Å². The first-order valence-electron chi connectivity index (χ1n) is 8.47. The van der Waals surface area contributed by atoms with Crippen LogP contribution in [0.3, 0.4) is 0 Å². The maximum absolute atomic E-state index is 12.7. The van der Waals surface area contributed by atoms with Gasteiger partial charge in [-0.2, -0.15) is 0 Å². The van der Waals surface area contributed by atoms with E-state index >= 15 is 0 Å². The SMILES string of the molecule is CCN(Cc1ccc2c(c1)OCO2)C(=O)C(C)Oc1cccc(C)c1. The molecule has 3 rings (SSSR count). The summed E-state index contributed by atoms with van der Waals surface area (Å²) in [5.41, 5.74) is 2.10. The van der Waals surface area contributed by atoms with Gasteiger partial charge in [0.25, 0.3) is 5.91 Å². The summed E-state index contributed by atoms with van der Waals surface area (Å²) in [5.74, 6) is 2.14. The van der Waals surface area contributed by atoms with Crippen molar-refractivity contribution >= 4 is 5.91 Å². The highest BCUT2D eigenvalue weighted by Crippen LogP contribution is 2.32. The molecule has 0 bridgehead atoms. The Balaban J connectivity index is 1.66. The topological polar surface area (TPSA) is 48.0 Å². The van der Waals surface area contributed by atoms with E-state index in [1.165, 1.54) is 0 Å². The summed E-state index contributed by atoms with van der Waals surface area (Å²) >= 11 is 0. The fourth-order valence-electron chi connectivity index (χ4n) is 2.81. The van der Waals surface area contributed by atoms with Gasteiger partial charge in [-0.25, -0.2) is 0 Å². The van der Waals surface area contributed by atoms with Gasteiger partial charge in [0.15, 0.2) is 17.6 Å². The van der Waals surface area contributed by atoms with Gasteiger partial charge in [-0.1, -0.05) is 18.2 Å². The van der Waals surface area contributed by atoms with Crippen LogP contribution >= 0.6 is 0 Å². The highest BCUT2D eigenvalue weighted by molar-refractivity contribution is 5.81. The minimum atomic E-state index is -0.546. The average Bonchev–Trinajstić information content (AvgIpc) is 3.06. The van der Waals surface area contributed by atoms with Crippen molar-refractivity contribution in [1.82, 2.24) is 4.90 Å². The van der Waals surface area contributed by atoms with Crippen LogP contribution in [0.15, 0.2) is 42.5 Å². The summed E-state index contributed by atoms with van der Waals surface area (Å²) in [7, 11) is 0. The molecule has 0 N–H and O–H groups in total. The van der Waals surface area contributed by atoms with Crippen LogP contribution in [0.1, 0.15) is 25.0 Å². The monoisotopic (exact) mass is 341 g/mol. The number of hydrogen-bond donors (Lipinski definition) is 0. The van der Waals surface area contributed by atoms with Crippen LogP contribution in [0.4, 0.5) is 0 Å². The maximum atomic E-state index is 12.7. The zero-order valence-electron chi connectivity index (χ0n) is 14.8. The fraction of sp³-hybridized carbons (Fsp3) is 0.350. The third-order valence-corrected chi connectivity index (χ3v) is 4.15. The molecule has 5 nitrogen and oxygen atoms in total. The zero-order valence-corrected chi connectivity index (χ0v) is 14.8. The molecule has 25 heavy (non-hydrogen) atoms. The number of hydrogen-bond acceptors (Lipinski definition) is 4. The fourth-order valence-corrected chi connectivity index (χ4v) is 2.81. The van der Waals surface area contributed by atoms with Crippen LogP contribution < -0.4 is 14.2 Å². The molecule has 1 aliphatic rings. The summed E-state index contributed by atoms with van der Waals surface area (Å²) in [6.45, 7) is 7.10. The molecule has 2 aromatic rings. The molecule has 0 spiro atoms. The van der Waals surface area contributed by atoms with E-state index in [1.807, 2.05) is 56.3 Å². The van der Waals surface area contributed by atoms with E-state index in [4.69, 9.17) is 14.2 Å². The Hall–Kier alpha value is -2.69. The molecule has 132 valence electrons. The van der Waals surface area contributed by atoms with E-state index in [0.29, 0.717) is 18.8 Å². The van der Waals surface area contributed by atoms with Gasteiger partial charge in [0, 0.05) is 13.1 Å². The van der Waals surface area contributed by atoms with Gasteiger partial charge in [0.2, 0.25) is 6.79 Å². The Kier molecular flexibility index (Phi) is 5.12. The van der Waals surface area contributed by atoms with Crippen molar-refractivity contribution in [2.75, 3.05) is 13.3 Å². The molecule has 0 saturated carbocycles. The van der Waals surface area contributed by atoms with E-state index < -0.39 is 6.10 Å². The molecule has 0 fully saturated rings. The van der Waals surface area contributed by atoms with E-state index in [-0.39, 0.29) is 12.7 Å². The average molecular weight is 341 g/mol. The number of likely N-dealkylation sites (N-methyl/N-ethyl adjacent to an activating group) is 1. The lowest BCUT2D eigenvalue weighted by atomic mass is 10.1. The van der Waals surface area contributed by atoms with Crippen molar-refractivity contribution in [2.45, 2.75) is 33.4 Å². The largest absolute Gasteiger partial charge is 0.481 e. The first-order valence-corrected chi connectivity index (χ1v) is 8.47. The van der Waals surface area contributed by atoms with Crippen molar-refractivity contribution in [3.63, 3.8) is 0 Å². The Labute approximate surface area is 148 Å². The second-order valence-corrected chi connectivity index (χ2v) is 6.12. The third kappa shape index (κ3) is 4.05. The van der Waals surface area contributed by atoms with Crippen LogP contribution in [0.2, 0.25) is 0 Å². The molecular formula is C20H23NO4. The van der Waals surface area contributed by atoms with E-state index in [1.54, 1.807) is 11.8 Å². The molecule has 1 heterocycles. The van der Waals surface area contributed by atoms with Crippen LogP contribution in [-0.2, 0) is 11.3 Å². The summed E-state index contributed by atoms with van der Waals surface area (Å²) in [5, 5.41) is 0. The number of carbonyl (C=O) groups excluding carboxylic acids is 1. The minimum absolute atomic E-state index is 0.0401. The number of aryl methyl sites for hydroxylation is 1. The van der Waals surface area contributed by atoms with Crippen LogP contribution in [0, 0.1) is 6.92 Å². The maximum Gasteiger partial charge on any atom is 0.263 e. The molecular weight excluding hydrogens is 318 g/mol. The number of fused-ring (bicyclic) bond motifs is 1. The standard InChI is InChI=1S/C20H23NO4/c1-4-21(12-16-8-9-18-19(11-16)24-13-23-18)20(22)15(3)25-17-7-5-6-14(2)10-17/h5-11,15H,4,12-13H2,1-3H3. The van der Waals surface area contributed by atoms with Crippen molar-refractivity contribution in [2.24, 2.45) is 0 Å². The van der Waals surface area contributed by atoms with Gasteiger partial charge >= 0.3 is 0 Å². The van der Waals surface area contributed by atoms with Gasteiger partial charge in [0.1, 0.15) is 5.75 Å². The van der Waals surface area contributed by atoms with Crippen LogP contribution in [0.25, 0.3) is 0 Å². The smallest absolute Gasteiger partial charge is 0.263 e. The number of rotatable bonds is 6. The minimum Gasteiger partial charge on any atom is -0.481 e. The van der Waals surface area contributed by atoms with E-state index in [2.05, 4.69) is 0 Å². The Morgan fingerprint density at radius 2 is 2.00 bits per heavy atom. The zero-order chi connectivity index (χ0) is 17.8. The lowest BCUT2D eigenvalue weighted by Crippen LogP contribution is -2.40. The van der Waals surface area contributed by atoms with Crippen molar-refractivity contribution < 1.29 is 19.0 Å². The Bertz CT molecular complexity index is 759. The number of nitrogens with zero attached hydrogens (tertiary/aromatic N) is 1. The molecule has 1 amide bonds. The second-order valence-electron chi connectivity index (χ2n) is 6.12. The molecule has 0 aromatic heterocycles. The summed E-state index contributed by atoms with van der Waals surface area (Å²) in [6, 6.07) is 13.5. The third-order valence-electron chi connectivity index (χ3n) is 4.15. The number of carbonyl (C=O) groups is 1. The quantitative estimate of drug-likeness (QED) is 0.806. The summed E-state index contributed by atoms with van der Waals surface area (Å²) in [4.78, 5) is 14.5. The van der Waals surface area contributed by atoms with Gasteiger partial charge < -0.3 is 19.1 Å². The van der Waals surface area contributed by atoms with Gasteiger partial charge in [-0.3, -0.25) is 4.79 Å². The predicted molar refractivity (Wildman–Crippen MR) is 94.9 cm³/mol. The highest BCUT2D eigenvalue weighted by atomic mass is 16.7. The molecule has 1 atom stereocenters. The van der Waals surface area contributed by atoms with Crippen molar-refractivity contribution in [3.8, 4) is 17.2 Å². The van der Waals surface area contributed by atoms with Crippen LogP contribution in [-0.4, -0.2) is 30.2 Å². The molecule has 5 heteroatoms. The van der Waals surface area contributed by atoms with Gasteiger partial charge in [-0.05, 0) is 56.2 Å². The lowest BCUT2D eigenvalue weighted by molar-refractivity contribution is -0.138. The highest BCUT2D eigenvalue weighted by Gasteiger charge is 2.22. The first-order chi connectivity index (χ1) is 12.1. The number of amides is 1.